The summed E-state index contributed by atoms with van der Waals surface area (Å²) >= 11 is 0. The summed E-state index contributed by atoms with van der Waals surface area (Å²) in [6, 6.07) is 0. The molecule has 0 N–H and O–H groups in total. The predicted octanol–water partition coefficient (Wildman–Crippen LogP) is 5.28. The molecule has 0 aliphatic carbocycles. The minimum Gasteiger partial charge on any atom is -0.382 e. The van der Waals surface area contributed by atoms with E-state index in [1.165, 1.54) is 70.6 Å². The van der Waals surface area contributed by atoms with Gasteiger partial charge in [-0.3, -0.25) is 0 Å². The van der Waals surface area contributed by atoms with Crippen LogP contribution in [0.15, 0.2) is 0 Å². The molecule has 0 unspecified atom stereocenters. The average Bonchev–Trinajstić information content (AvgIpc) is 2.60. The summed E-state index contributed by atoms with van der Waals surface area (Å²) in [6.07, 6.45) is 18.7. The van der Waals surface area contributed by atoms with E-state index in [4.69, 9.17) is 14.2 Å². The van der Waals surface area contributed by atoms with Crippen molar-refractivity contribution in [3.05, 3.63) is 0 Å². The highest BCUT2D eigenvalue weighted by molar-refractivity contribution is 5.48. The fourth-order valence-corrected chi connectivity index (χ4v) is 2.70. The Hall–Kier alpha value is -0.450. The lowest BCUT2D eigenvalue weighted by molar-refractivity contribution is -0.107. The third kappa shape index (κ3) is 21.6. The molecule has 0 spiro atoms. The first-order chi connectivity index (χ1) is 11.9. The van der Waals surface area contributed by atoms with Gasteiger partial charge in [0, 0.05) is 20.1 Å². The number of unbranched alkanes of at least 4 members (excludes halogenated alkanes) is 13. The third-order valence-corrected chi connectivity index (χ3v) is 4.21. The molecule has 0 bridgehead atoms. The first kappa shape index (κ1) is 23.5. The summed E-state index contributed by atoms with van der Waals surface area (Å²) in [7, 11) is 1.67. The van der Waals surface area contributed by atoms with Crippen molar-refractivity contribution in [3.8, 4) is 0 Å². The van der Waals surface area contributed by atoms with Crippen molar-refractivity contribution in [2.45, 2.75) is 89.9 Å². The van der Waals surface area contributed by atoms with Crippen molar-refractivity contribution < 1.29 is 19.0 Å². The molecule has 0 atom stereocenters. The minimum absolute atomic E-state index is 0.389. The maximum Gasteiger partial charge on any atom is 0.146 e. The van der Waals surface area contributed by atoms with Gasteiger partial charge < -0.3 is 19.0 Å². The fraction of sp³-hybridized carbons (Fsp3) is 0.950. The Morgan fingerprint density at radius 3 is 1.54 bits per heavy atom. The highest BCUT2D eigenvalue weighted by Gasteiger charge is 1.95. The molecule has 0 radical (unpaired) electrons. The second-order valence-electron chi connectivity index (χ2n) is 6.48. The molecule has 0 saturated carbocycles. The van der Waals surface area contributed by atoms with E-state index in [-0.39, 0.29) is 0 Å². The Labute approximate surface area is 149 Å². The van der Waals surface area contributed by atoms with Gasteiger partial charge in [0.15, 0.2) is 0 Å². The fourth-order valence-electron chi connectivity index (χ4n) is 2.70. The molecule has 4 nitrogen and oxygen atoms in total. The van der Waals surface area contributed by atoms with E-state index in [0.717, 1.165) is 32.2 Å². The van der Waals surface area contributed by atoms with E-state index in [0.29, 0.717) is 20.0 Å². The van der Waals surface area contributed by atoms with Crippen LogP contribution >= 0.6 is 0 Å². The van der Waals surface area contributed by atoms with Crippen LogP contribution < -0.4 is 0 Å². The Morgan fingerprint density at radius 2 is 1.04 bits per heavy atom. The Morgan fingerprint density at radius 1 is 0.583 bits per heavy atom. The molecule has 0 aromatic heterocycles. The second kappa shape index (κ2) is 22.6. The Balaban J connectivity index is 2.94. The first-order valence-corrected chi connectivity index (χ1v) is 10.00. The quantitative estimate of drug-likeness (QED) is 0.161. The predicted molar refractivity (Wildman–Crippen MR) is 99.3 cm³/mol. The van der Waals surface area contributed by atoms with Crippen molar-refractivity contribution in [3.63, 3.8) is 0 Å². The standard InChI is InChI=1S/C20H40O4/c1-22-18-19-24-20-23-17-15-13-11-9-7-5-3-2-4-6-8-10-12-14-16-21/h16H,2-15,17-20H2,1H3. The van der Waals surface area contributed by atoms with Crippen LogP contribution in [0.5, 0.6) is 0 Å². The van der Waals surface area contributed by atoms with Gasteiger partial charge in [-0.2, -0.15) is 0 Å². The van der Waals surface area contributed by atoms with Gasteiger partial charge in [0.05, 0.1) is 13.2 Å². The summed E-state index contributed by atoms with van der Waals surface area (Å²) in [4.78, 5) is 10.2. The molecular weight excluding hydrogens is 304 g/mol. The highest BCUT2D eigenvalue weighted by atomic mass is 16.7. The number of hydrogen-bond acceptors (Lipinski definition) is 4. The second-order valence-corrected chi connectivity index (χ2v) is 6.48. The van der Waals surface area contributed by atoms with E-state index in [9.17, 15) is 4.79 Å². The van der Waals surface area contributed by atoms with Crippen LogP contribution in [0.3, 0.4) is 0 Å². The van der Waals surface area contributed by atoms with E-state index < -0.39 is 0 Å². The monoisotopic (exact) mass is 344 g/mol. The van der Waals surface area contributed by atoms with Crippen molar-refractivity contribution in [2.24, 2.45) is 0 Å². The van der Waals surface area contributed by atoms with Crippen LogP contribution in [0.2, 0.25) is 0 Å². The summed E-state index contributed by atoms with van der Waals surface area (Å²) in [5.74, 6) is 0. The van der Waals surface area contributed by atoms with Gasteiger partial charge >= 0.3 is 0 Å². The van der Waals surface area contributed by atoms with Crippen molar-refractivity contribution in [2.75, 3.05) is 33.7 Å². The van der Waals surface area contributed by atoms with Gasteiger partial charge in [-0.05, 0) is 12.8 Å². The molecule has 0 aromatic rings. The lowest BCUT2D eigenvalue weighted by Crippen LogP contribution is -2.06. The lowest BCUT2D eigenvalue weighted by Gasteiger charge is -2.05. The van der Waals surface area contributed by atoms with Crippen molar-refractivity contribution >= 4 is 6.29 Å². The zero-order chi connectivity index (χ0) is 17.6. The van der Waals surface area contributed by atoms with Crippen LogP contribution in [0.1, 0.15) is 89.9 Å². The molecule has 144 valence electrons. The van der Waals surface area contributed by atoms with Crippen molar-refractivity contribution in [1.82, 2.24) is 0 Å². The lowest BCUT2D eigenvalue weighted by atomic mass is 10.0. The van der Waals surface area contributed by atoms with E-state index in [1.807, 2.05) is 0 Å². The zero-order valence-corrected chi connectivity index (χ0v) is 15.9. The summed E-state index contributed by atoms with van der Waals surface area (Å²) in [6.45, 7) is 2.43. The number of carbonyl (C=O) groups excluding carboxylic acids is 1. The van der Waals surface area contributed by atoms with Crippen LogP contribution in [0.25, 0.3) is 0 Å². The Bertz CT molecular complexity index is 234. The number of aldehydes is 1. The van der Waals surface area contributed by atoms with Crippen molar-refractivity contribution in [1.29, 1.82) is 0 Å². The summed E-state index contributed by atoms with van der Waals surface area (Å²) in [5.41, 5.74) is 0. The molecule has 0 saturated heterocycles. The van der Waals surface area contributed by atoms with Gasteiger partial charge in [0.2, 0.25) is 0 Å². The number of carbonyl (C=O) groups is 1. The van der Waals surface area contributed by atoms with Gasteiger partial charge in [-0.1, -0.05) is 70.6 Å². The summed E-state index contributed by atoms with van der Waals surface area (Å²) in [5, 5.41) is 0. The molecule has 0 rings (SSSR count). The van der Waals surface area contributed by atoms with Crippen LogP contribution in [0, 0.1) is 0 Å². The topological polar surface area (TPSA) is 44.8 Å². The summed E-state index contributed by atoms with van der Waals surface area (Å²) < 4.78 is 15.5. The largest absolute Gasteiger partial charge is 0.382 e. The number of methoxy groups -OCH3 is 1. The maximum absolute atomic E-state index is 10.2. The number of ether oxygens (including phenoxy) is 3. The number of hydrogen-bond donors (Lipinski definition) is 0. The molecule has 0 aliphatic rings. The normalized spacial score (nSPS) is 11.0. The van der Waals surface area contributed by atoms with Crippen LogP contribution in [-0.2, 0) is 19.0 Å². The molecule has 0 heterocycles. The molecular formula is C20H40O4. The minimum atomic E-state index is 0.389. The van der Waals surface area contributed by atoms with Gasteiger partial charge in [0.1, 0.15) is 13.1 Å². The highest BCUT2D eigenvalue weighted by Crippen LogP contribution is 2.12. The molecule has 0 aliphatic heterocycles. The molecule has 0 aromatic carbocycles. The van der Waals surface area contributed by atoms with Crippen LogP contribution in [-0.4, -0.2) is 40.0 Å². The first-order valence-electron chi connectivity index (χ1n) is 10.00. The van der Waals surface area contributed by atoms with Gasteiger partial charge in [0.25, 0.3) is 0 Å². The molecule has 4 heteroatoms. The molecule has 0 amide bonds. The van der Waals surface area contributed by atoms with Gasteiger partial charge in [-0.15, -0.1) is 0 Å². The van der Waals surface area contributed by atoms with Crippen LogP contribution in [0.4, 0.5) is 0 Å². The van der Waals surface area contributed by atoms with Gasteiger partial charge in [-0.25, -0.2) is 0 Å². The molecule has 24 heavy (non-hydrogen) atoms. The van der Waals surface area contributed by atoms with E-state index >= 15 is 0 Å². The Kier molecular flexibility index (Phi) is 22.1. The zero-order valence-electron chi connectivity index (χ0n) is 15.9. The van der Waals surface area contributed by atoms with E-state index in [1.54, 1.807) is 7.11 Å². The third-order valence-electron chi connectivity index (χ3n) is 4.21. The van der Waals surface area contributed by atoms with E-state index in [2.05, 4.69) is 0 Å². The maximum atomic E-state index is 10.2. The smallest absolute Gasteiger partial charge is 0.146 e. The SMILES string of the molecule is COCCOCOCCCCCCCCCCCCCCCC=O. The molecule has 0 fully saturated rings. The average molecular weight is 345 g/mol. The number of rotatable bonds is 21.